The molecule has 2 N–H and O–H groups in total. The first-order valence-electron chi connectivity index (χ1n) is 4.14. The first-order valence-corrected chi connectivity index (χ1v) is 4.14. The summed E-state index contributed by atoms with van der Waals surface area (Å²) in [5.41, 5.74) is 0. The minimum Gasteiger partial charge on any atom is -0.481 e. The predicted molar refractivity (Wildman–Crippen MR) is 46.0 cm³/mol. The number of aliphatic hydroxyl groups is 1. The van der Waals surface area contributed by atoms with E-state index in [9.17, 15) is 4.79 Å². The van der Waals surface area contributed by atoms with Gasteiger partial charge >= 0.3 is 5.97 Å². The molecule has 0 bridgehead atoms. The van der Waals surface area contributed by atoms with E-state index in [1.807, 2.05) is 18.7 Å². The van der Waals surface area contributed by atoms with E-state index in [2.05, 4.69) is 0 Å². The van der Waals surface area contributed by atoms with Gasteiger partial charge in [0.1, 0.15) is 0 Å². The molecule has 0 radical (unpaired) electrons. The molecule has 0 atom stereocenters. The number of aliphatic carboxylic acids is 1. The lowest BCUT2D eigenvalue weighted by Gasteiger charge is -2.24. The molecular weight excluding hydrogens is 158 g/mol. The molecule has 0 aromatic rings. The molecule has 0 heterocycles. The molecule has 0 fully saturated rings. The van der Waals surface area contributed by atoms with E-state index in [-0.39, 0.29) is 19.1 Å². The van der Waals surface area contributed by atoms with Crippen LogP contribution in [-0.4, -0.2) is 46.8 Å². The maximum atomic E-state index is 10.2. The molecule has 12 heavy (non-hydrogen) atoms. The van der Waals surface area contributed by atoms with Gasteiger partial charge in [0.05, 0.1) is 13.0 Å². The summed E-state index contributed by atoms with van der Waals surface area (Å²) < 4.78 is 0. The summed E-state index contributed by atoms with van der Waals surface area (Å²) >= 11 is 0. The number of rotatable bonds is 6. The summed E-state index contributed by atoms with van der Waals surface area (Å²) in [7, 11) is 0. The van der Waals surface area contributed by atoms with Crippen LogP contribution >= 0.6 is 0 Å². The molecule has 0 aliphatic carbocycles. The van der Waals surface area contributed by atoms with E-state index in [1.165, 1.54) is 0 Å². The standard InChI is InChI=1S/C8H17NO3/c1-7(2)9(5-6-10)4-3-8(11)12/h7,10H,3-6H2,1-2H3,(H,11,12). The van der Waals surface area contributed by atoms with Crippen LogP contribution in [0.5, 0.6) is 0 Å². The summed E-state index contributed by atoms with van der Waals surface area (Å²) in [6.07, 6.45) is 0.137. The molecule has 0 aliphatic rings. The summed E-state index contributed by atoms with van der Waals surface area (Å²) in [4.78, 5) is 12.2. The van der Waals surface area contributed by atoms with E-state index in [0.717, 1.165) is 0 Å². The largest absolute Gasteiger partial charge is 0.481 e. The van der Waals surface area contributed by atoms with Crippen LogP contribution in [0.15, 0.2) is 0 Å². The molecule has 0 rings (SSSR count). The Hall–Kier alpha value is -0.610. The van der Waals surface area contributed by atoms with Crippen LogP contribution in [0.4, 0.5) is 0 Å². The molecule has 0 unspecified atom stereocenters. The fourth-order valence-electron chi connectivity index (χ4n) is 0.996. The van der Waals surface area contributed by atoms with Gasteiger partial charge in [-0.25, -0.2) is 0 Å². The number of nitrogens with zero attached hydrogens (tertiary/aromatic N) is 1. The second-order valence-electron chi connectivity index (χ2n) is 3.00. The monoisotopic (exact) mass is 175 g/mol. The van der Waals surface area contributed by atoms with Crippen molar-refractivity contribution in [1.82, 2.24) is 4.90 Å². The van der Waals surface area contributed by atoms with Crippen molar-refractivity contribution in [3.8, 4) is 0 Å². The zero-order chi connectivity index (χ0) is 9.56. The molecule has 0 aromatic carbocycles. The molecule has 0 saturated carbocycles. The Kier molecular flexibility index (Phi) is 5.66. The SMILES string of the molecule is CC(C)N(CCO)CCC(=O)O. The molecule has 0 spiro atoms. The fraction of sp³-hybridized carbons (Fsp3) is 0.875. The zero-order valence-corrected chi connectivity index (χ0v) is 7.66. The lowest BCUT2D eigenvalue weighted by molar-refractivity contribution is -0.137. The Balaban J connectivity index is 3.70. The average molecular weight is 175 g/mol. The molecule has 4 nitrogen and oxygen atoms in total. The van der Waals surface area contributed by atoms with Crippen molar-refractivity contribution >= 4 is 5.97 Å². The van der Waals surface area contributed by atoms with Crippen molar-refractivity contribution in [2.75, 3.05) is 19.7 Å². The van der Waals surface area contributed by atoms with E-state index < -0.39 is 5.97 Å². The summed E-state index contributed by atoms with van der Waals surface area (Å²) in [6.45, 7) is 5.10. The highest BCUT2D eigenvalue weighted by atomic mass is 16.4. The second kappa shape index (κ2) is 5.97. The number of carboxylic acids is 1. The number of hydrogen-bond acceptors (Lipinski definition) is 3. The number of carboxylic acid groups (broad SMARTS) is 1. The van der Waals surface area contributed by atoms with Gasteiger partial charge in [-0.3, -0.25) is 9.69 Å². The third-order valence-electron chi connectivity index (χ3n) is 1.73. The van der Waals surface area contributed by atoms with Crippen LogP contribution in [0.25, 0.3) is 0 Å². The number of carbonyl (C=O) groups is 1. The lowest BCUT2D eigenvalue weighted by atomic mass is 10.3. The van der Waals surface area contributed by atoms with Crippen molar-refractivity contribution < 1.29 is 15.0 Å². The van der Waals surface area contributed by atoms with Crippen molar-refractivity contribution in [2.24, 2.45) is 0 Å². The average Bonchev–Trinajstić information content (AvgIpc) is 1.96. The van der Waals surface area contributed by atoms with Gasteiger partial charge in [-0.2, -0.15) is 0 Å². The molecule has 72 valence electrons. The minimum atomic E-state index is -0.793. The summed E-state index contributed by atoms with van der Waals surface area (Å²) in [5.74, 6) is -0.793. The van der Waals surface area contributed by atoms with Crippen molar-refractivity contribution in [3.63, 3.8) is 0 Å². The minimum absolute atomic E-state index is 0.0811. The summed E-state index contributed by atoms with van der Waals surface area (Å²) in [6, 6.07) is 0.288. The first-order chi connectivity index (χ1) is 5.57. The molecule has 0 amide bonds. The van der Waals surface area contributed by atoms with Crippen LogP contribution in [0.2, 0.25) is 0 Å². The highest BCUT2D eigenvalue weighted by molar-refractivity contribution is 5.66. The third-order valence-corrected chi connectivity index (χ3v) is 1.73. The first kappa shape index (κ1) is 11.4. The van der Waals surface area contributed by atoms with Crippen molar-refractivity contribution in [3.05, 3.63) is 0 Å². The van der Waals surface area contributed by atoms with Gasteiger partial charge in [0.2, 0.25) is 0 Å². The Bertz CT molecular complexity index is 136. The lowest BCUT2D eigenvalue weighted by Crippen LogP contribution is -2.35. The molecular formula is C8H17NO3. The van der Waals surface area contributed by atoms with Gasteiger partial charge in [-0.1, -0.05) is 0 Å². The molecule has 0 aromatic heterocycles. The Morgan fingerprint density at radius 3 is 2.33 bits per heavy atom. The van der Waals surface area contributed by atoms with Gasteiger partial charge in [-0.15, -0.1) is 0 Å². The van der Waals surface area contributed by atoms with Gasteiger partial charge in [0, 0.05) is 19.1 Å². The van der Waals surface area contributed by atoms with E-state index in [4.69, 9.17) is 10.2 Å². The molecule has 4 heteroatoms. The van der Waals surface area contributed by atoms with Gasteiger partial charge in [-0.05, 0) is 13.8 Å². The van der Waals surface area contributed by atoms with Crippen molar-refractivity contribution in [1.29, 1.82) is 0 Å². The Labute approximate surface area is 72.8 Å². The van der Waals surface area contributed by atoms with Crippen LogP contribution in [0.1, 0.15) is 20.3 Å². The van der Waals surface area contributed by atoms with E-state index in [0.29, 0.717) is 13.1 Å². The normalized spacial score (nSPS) is 11.1. The smallest absolute Gasteiger partial charge is 0.304 e. The quantitative estimate of drug-likeness (QED) is 0.604. The van der Waals surface area contributed by atoms with Crippen molar-refractivity contribution in [2.45, 2.75) is 26.3 Å². The van der Waals surface area contributed by atoms with Crippen LogP contribution in [0.3, 0.4) is 0 Å². The highest BCUT2D eigenvalue weighted by Gasteiger charge is 2.09. The van der Waals surface area contributed by atoms with Crippen LogP contribution < -0.4 is 0 Å². The number of hydrogen-bond donors (Lipinski definition) is 2. The predicted octanol–water partition coefficient (Wildman–Crippen LogP) is 0.164. The van der Waals surface area contributed by atoms with Crippen LogP contribution in [0, 0.1) is 0 Å². The Morgan fingerprint density at radius 1 is 1.42 bits per heavy atom. The maximum Gasteiger partial charge on any atom is 0.304 e. The van der Waals surface area contributed by atoms with E-state index >= 15 is 0 Å². The maximum absolute atomic E-state index is 10.2. The Morgan fingerprint density at radius 2 is 2.00 bits per heavy atom. The highest BCUT2D eigenvalue weighted by Crippen LogP contribution is 1.98. The summed E-state index contributed by atoms with van der Waals surface area (Å²) in [5, 5.41) is 17.1. The second-order valence-corrected chi connectivity index (χ2v) is 3.00. The van der Waals surface area contributed by atoms with Gasteiger partial charge in [0.15, 0.2) is 0 Å². The number of aliphatic hydroxyl groups excluding tert-OH is 1. The van der Waals surface area contributed by atoms with E-state index in [1.54, 1.807) is 0 Å². The molecule has 0 aliphatic heterocycles. The van der Waals surface area contributed by atoms with Gasteiger partial charge in [0.25, 0.3) is 0 Å². The van der Waals surface area contributed by atoms with Gasteiger partial charge < -0.3 is 10.2 Å². The fourth-order valence-corrected chi connectivity index (χ4v) is 0.996. The zero-order valence-electron chi connectivity index (χ0n) is 7.66. The topological polar surface area (TPSA) is 60.8 Å². The molecule has 0 saturated heterocycles. The van der Waals surface area contributed by atoms with Crippen LogP contribution in [-0.2, 0) is 4.79 Å². The third kappa shape index (κ3) is 5.09.